The van der Waals surface area contributed by atoms with Gasteiger partial charge in [0, 0.05) is 30.5 Å². The molecule has 0 spiro atoms. The van der Waals surface area contributed by atoms with E-state index in [1.165, 1.54) is 18.5 Å². The van der Waals surface area contributed by atoms with Crippen LogP contribution in [0.15, 0.2) is 42.6 Å². The molecular formula is C22H30N4O. The normalized spacial score (nSPS) is 16.0. The number of hydrogen-bond donors (Lipinski definition) is 2. The van der Waals surface area contributed by atoms with E-state index in [4.69, 9.17) is 0 Å². The Labute approximate surface area is 162 Å². The van der Waals surface area contributed by atoms with Crippen molar-refractivity contribution in [2.75, 3.05) is 23.3 Å². The van der Waals surface area contributed by atoms with E-state index >= 15 is 0 Å². The zero-order chi connectivity index (χ0) is 19.2. The van der Waals surface area contributed by atoms with E-state index in [9.17, 15) is 4.79 Å². The van der Waals surface area contributed by atoms with Crippen LogP contribution in [0, 0.1) is 5.92 Å². The number of pyridine rings is 1. The predicted octanol–water partition coefficient (Wildman–Crippen LogP) is 4.59. The van der Waals surface area contributed by atoms with Gasteiger partial charge in [0.2, 0.25) is 0 Å². The number of nitrogens with one attached hydrogen (secondary N) is 2. The summed E-state index contributed by atoms with van der Waals surface area (Å²) in [5.41, 5.74) is 3.61. The molecule has 1 fully saturated rings. The van der Waals surface area contributed by atoms with Crippen molar-refractivity contribution in [3.05, 3.63) is 48.3 Å². The largest absolute Gasteiger partial charge is 0.372 e. The Kier molecular flexibility index (Phi) is 6.32. The molecule has 1 saturated heterocycles. The molecule has 1 aliphatic heterocycles. The fraction of sp³-hybridized carbons (Fsp3) is 0.455. The van der Waals surface area contributed by atoms with Crippen LogP contribution in [0.4, 0.5) is 17.1 Å². The molecule has 5 heteroatoms. The zero-order valence-electron chi connectivity index (χ0n) is 16.5. The summed E-state index contributed by atoms with van der Waals surface area (Å²) in [5, 5.41) is 6.28. The van der Waals surface area contributed by atoms with Crippen LogP contribution in [-0.2, 0) is 0 Å². The molecule has 5 nitrogen and oxygen atoms in total. The molecule has 1 aromatic carbocycles. The van der Waals surface area contributed by atoms with Crippen LogP contribution in [0.25, 0.3) is 0 Å². The van der Waals surface area contributed by atoms with Gasteiger partial charge in [-0.05, 0) is 68.5 Å². The topological polar surface area (TPSA) is 57.3 Å². The third kappa shape index (κ3) is 5.22. The van der Waals surface area contributed by atoms with E-state index in [0.717, 1.165) is 36.8 Å². The van der Waals surface area contributed by atoms with Gasteiger partial charge in [0.15, 0.2) is 0 Å². The van der Waals surface area contributed by atoms with E-state index < -0.39 is 0 Å². The Bertz CT molecular complexity index is 734. The average molecular weight is 367 g/mol. The van der Waals surface area contributed by atoms with Gasteiger partial charge in [0.25, 0.3) is 5.91 Å². The molecule has 1 amide bonds. The molecule has 2 aromatic rings. The standard InChI is InChI=1S/C22H30N4O/c1-4-17(3)24-22(27)21-10-7-19(15-23-21)25-18-5-8-20(9-6-18)26-13-11-16(2)12-14-26/h5-10,15-17,25H,4,11-14H2,1-3H3,(H,24,27). The highest BCUT2D eigenvalue weighted by atomic mass is 16.1. The summed E-state index contributed by atoms with van der Waals surface area (Å²) in [6.45, 7) is 8.64. The summed E-state index contributed by atoms with van der Waals surface area (Å²) in [5.74, 6) is 0.709. The van der Waals surface area contributed by atoms with Crippen molar-refractivity contribution in [1.82, 2.24) is 10.3 Å². The molecule has 0 saturated carbocycles. The molecule has 144 valence electrons. The van der Waals surface area contributed by atoms with Gasteiger partial charge in [-0.2, -0.15) is 0 Å². The first kappa shape index (κ1) is 19.2. The fourth-order valence-corrected chi connectivity index (χ4v) is 3.19. The molecule has 2 N–H and O–H groups in total. The number of rotatable bonds is 6. The summed E-state index contributed by atoms with van der Waals surface area (Å²) in [6.07, 6.45) is 5.13. The molecule has 3 rings (SSSR count). The van der Waals surface area contributed by atoms with Gasteiger partial charge in [0.1, 0.15) is 5.69 Å². The quantitative estimate of drug-likeness (QED) is 0.785. The third-order valence-corrected chi connectivity index (χ3v) is 5.29. The third-order valence-electron chi connectivity index (χ3n) is 5.29. The van der Waals surface area contributed by atoms with Crippen molar-refractivity contribution in [3.63, 3.8) is 0 Å². The molecule has 0 aliphatic carbocycles. The highest BCUT2D eigenvalue weighted by Gasteiger charge is 2.15. The van der Waals surface area contributed by atoms with E-state index in [2.05, 4.69) is 51.7 Å². The SMILES string of the molecule is CCC(C)NC(=O)c1ccc(Nc2ccc(N3CCC(C)CC3)cc2)cn1. The Morgan fingerprint density at radius 2 is 1.81 bits per heavy atom. The minimum Gasteiger partial charge on any atom is -0.372 e. The second-order valence-corrected chi connectivity index (χ2v) is 7.56. The first-order valence-corrected chi connectivity index (χ1v) is 9.94. The van der Waals surface area contributed by atoms with Gasteiger partial charge in [0.05, 0.1) is 11.9 Å². The van der Waals surface area contributed by atoms with Crippen molar-refractivity contribution in [3.8, 4) is 0 Å². The lowest BCUT2D eigenvalue weighted by Crippen LogP contribution is -2.32. The van der Waals surface area contributed by atoms with Gasteiger partial charge >= 0.3 is 0 Å². The Morgan fingerprint density at radius 1 is 1.15 bits per heavy atom. The van der Waals surface area contributed by atoms with Crippen LogP contribution in [0.2, 0.25) is 0 Å². The second kappa shape index (κ2) is 8.89. The van der Waals surface area contributed by atoms with Crippen LogP contribution < -0.4 is 15.5 Å². The van der Waals surface area contributed by atoms with Gasteiger partial charge in [-0.3, -0.25) is 4.79 Å². The highest BCUT2D eigenvalue weighted by molar-refractivity contribution is 5.92. The van der Waals surface area contributed by atoms with Crippen LogP contribution in [0.3, 0.4) is 0 Å². The number of aromatic nitrogens is 1. The fourth-order valence-electron chi connectivity index (χ4n) is 3.19. The summed E-state index contributed by atoms with van der Waals surface area (Å²) < 4.78 is 0. The molecule has 1 atom stereocenters. The highest BCUT2D eigenvalue weighted by Crippen LogP contribution is 2.25. The summed E-state index contributed by atoms with van der Waals surface area (Å²) in [6, 6.07) is 12.3. The van der Waals surface area contributed by atoms with Crippen molar-refractivity contribution in [2.45, 2.75) is 46.1 Å². The van der Waals surface area contributed by atoms with Crippen molar-refractivity contribution < 1.29 is 4.79 Å². The zero-order valence-corrected chi connectivity index (χ0v) is 16.5. The van der Waals surface area contributed by atoms with E-state index in [1.807, 2.05) is 19.9 Å². The first-order valence-electron chi connectivity index (χ1n) is 9.94. The Morgan fingerprint density at radius 3 is 2.41 bits per heavy atom. The molecule has 1 aliphatic rings. The van der Waals surface area contributed by atoms with E-state index in [1.54, 1.807) is 12.3 Å². The predicted molar refractivity (Wildman–Crippen MR) is 112 cm³/mol. The van der Waals surface area contributed by atoms with Crippen LogP contribution >= 0.6 is 0 Å². The van der Waals surface area contributed by atoms with Crippen LogP contribution in [0.5, 0.6) is 0 Å². The number of amides is 1. The summed E-state index contributed by atoms with van der Waals surface area (Å²) in [4.78, 5) is 18.8. The smallest absolute Gasteiger partial charge is 0.270 e. The van der Waals surface area contributed by atoms with Gasteiger partial charge < -0.3 is 15.5 Å². The lowest BCUT2D eigenvalue weighted by Gasteiger charge is -2.32. The maximum absolute atomic E-state index is 12.1. The molecule has 0 radical (unpaired) electrons. The molecule has 0 bridgehead atoms. The number of benzene rings is 1. The maximum atomic E-state index is 12.1. The van der Waals surface area contributed by atoms with Crippen molar-refractivity contribution in [1.29, 1.82) is 0 Å². The van der Waals surface area contributed by atoms with E-state index in [0.29, 0.717) is 5.69 Å². The van der Waals surface area contributed by atoms with Crippen molar-refractivity contribution >= 4 is 23.0 Å². The summed E-state index contributed by atoms with van der Waals surface area (Å²) in [7, 11) is 0. The number of nitrogens with zero attached hydrogens (tertiary/aromatic N) is 2. The maximum Gasteiger partial charge on any atom is 0.270 e. The molecular weight excluding hydrogens is 336 g/mol. The molecule has 1 aromatic heterocycles. The molecule has 1 unspecified atom stereocenters. The Balaban J connectivity index is 1.58. The monoisotopic (exact) mass is 366 g/mol. The molecule has 27 heavy (non-hydrogen) atoms. The summed E-state index contributed by atoms with van der Waals surface area (Å²) >= 11 is 0. The lowest BCUT2D eigenvalue weighted by molar-refractivity contribution is 0.0934. The van der Waals surface area contributed by atoms with Gasteiger partial charge in [-0.15, -0.1) is 0 Å². The number of anilines is 3. The molecule has 2 heterocycles. The number of piperidine rings is 1. The van der Waals surface area contributed by atoms with E-state index in [-0.39, 0.29) is 11.9 Å². The van der Waals surface area contributed by atoms with Crippen molar-refractivity contribution in [2.24, 2.45) is 5.92 Å². The lowest BCUT2D eigenvalue weighted by atomic mass is 9.99. The van der Waals surface area contributed by atoms with Gasteiger partial charge in [-0.25, -0.2) is 4.98 Å². The first-order chi connectivity index (χ1) is 13.0. The minimum absolute atomic E-state index is 0.129. The van der Waals surface area contributed by atoms with Crippen LogP contribution in [-0.4, -0.2) is 30.0 Å². The van der Waals surface area contributed by atoms with Crippen LogP contribution in [0.1, 0.15) is 50.5 Å². The number of hydrogen-bond acceptors (Lipinski definition) is 4. The second-order valence-electron chi connectivity index (χ2n) is 7.56. The van der Waals surface area contributed by atoms with Gasteiger partial charge in [-0.1, -0.05) is 13.8 Å². The number of carbonyl (C=O) groups excluding carboxylic acids is 1. The minimum atomic E-state index is -0.129. The average Bonchev–Trinajstić information content (AvgIpc) is 2.69. The Hall–Kier alpha value is -2.56. The number of carbonyl (C=O) groups is 1.